The molecule has 0 unspecified atom stereocenters. The number of rotatable bonds is 7. The number of nitriles is 1. The van der Waals surface area contributed by atoms with Gasteiger partial charge in [-0.05, 0) is 43.5 Å². The van der Waals surface area contributed by atoms with Gasteiger partial charge < -0.3 is 5.11 Å². The van der Waals surface area contributed by atoms with Crippen molar-refractivity contribution >= 4 is 10.0 Å². The minimum Gasteiger partial charge on any atom is -0.396 e. The third kappa shape index (κ3) is 4.45. The fourth-order valence-corrected chi connectivity index (χ4v) is 2.49. The zero-order chi connectivity index (χ0) is 13.4. The number of hydrogen-bond donors (Lipinski definition) is 2. The third-order valence-electron chi connectivity index (χ3n) is 2.42. The lowest BCUT2D eigenvalue weighted by molar-refractivity contribution is 0.283. The molecule has 0 fully saturated rings. The van der Waals surface area contributed by atoms with Crippen LogP contribution in [-0.2, 0) is 10.0 Å². The maximum Gasteiger partial charge on any atom is 0.240 e. The molecule has 0 radical (unpaired) electrons. The summed E-state index contributed by atoms with van der Waals surface area (Å²) in [5, 5.41) is 17.2. The van der Waals surface area contributed by atoms with E-state index in [1.807, 2.05) is 6.07 Å². The van der Waals surface area contributed by atoms with Crippen molar-refractivity contribution in [2.75, 3.05) is 13.2 Å². The summed E-state index contributed by atoms with van der Waals surface area (Å²) in [6, 6.07) is 7.70. The van der Waals surface area contributed by atoms with Crippen LogP contribution in [0.3, 0.4) is 0 Å². The van der Waals surface area contributed by atoms with Crippen LogP contribution in [0.1, 0.15) is 24.8 Å². The first-order chi connectivity index (χ1) is 8.60. The summed E-state index contributed by atoms with van der Waals surface area (Å²) in [7, 11) is -3.49. The summed E-state index contributed by atoms with van der Waals surface area (Å²) in [5.74, 6) is 0. The molecule has 0 aromatic heterocycles. The summed E-state index contributed by atoms with van der Waals surface area (Å²) in [6.07, 6.45) is 2.15. The SMILES string of the molecule is N#Cc1ccc(S(=O)(=O)NCCCCCO)cc1. The molecule has 18 heavy (non-hydrogen) atoms. The number of benzene rings is 1. The van der Waals surface area contributed by atoms with E-state index < -0.39 is 10.0 Å². The summed E-state index contributed by atoms with van der Waals surface area (Å²) < 4.78 is 26.1. The van der Waals surface area contributed by atoms with Crippen molar-refractivity contribution in [1.82, 2.24) is 4.72 Å². The number of sulfonamides is 1. The molecule has 0 bridgehead atoms. The highest BCUT2D eigenvalue weighted by molar-refractivity contribution is 7.89. The number of hydrogen-bond acceptors (Lipinski definition) is 4. The van der Waals surface area contributed by atoms with Crippen molar-refractivity contribution in [2.24, 2.45) is 0 Å². The van der Waals surface area contributed by atoms with Crippen molar-refractivity contribution in [1.29, 1.82) is 5.26 Å². The Morgan fingerprint density at radius 2 is 1.83 bits per heavy atom. The Kier molecular flexibility index (Phi) is 5.78. The van der Waals surface area contributed by atoms with Crippen LogP contribution in [0.5, 0.6) is 0 Å². The first kappa shape index (κ1) is 14.6. The minimum absolute atomic E-state index is 0.127. The Morgan fingerprint density at radius 3 is 2.39 bits per heavy atom. The maximum atomic E-state index is 11.8. The van der Waals surface area contributed by atoms with Crippen LogP contribution < -0.4 is 4.72 Å². The summed E-state index contributed by atoms with van der Waals surface area (Å²) in [6.45, 7) is 0.477. The first-order valence-electron chi connectivity index (χ1n) is 5.71. The Labute approximate surface area is 107 Å². The van der Waals surface area contributed by atoms with E-state index in [4.69, 9.17) is 10.4 Å². The second-order valence-electron chi connectivity index (χ2n) is 3.82. The number of aliphatic hydroxyl groups excluding tert-OH is 1. The van der Waals surface area contributed by atoms with Gasteiger partial charge in [-0.2, -0.15) is 5.26 Å². The van der Waals surface area contributed by atoms with Crippen molar-refractivity contribution in [3.05, 3.63) is 29.8 Å². The van der Waals surface area contributed by atoms with Gasteiger partial charge in [-0.3, -0.25) is 0 Å². The van der Waals surface area contributed by atoms with Crippen molar-refractivity contribution in [3.8, 4) is 6.07 Å². The van der Waals surface area contributed by atoms with Crippen LogP contribution in [0.4, 0.5) is 0 Å². The van der Waals surface area contributed by atoms with Gasteiger partial charge in [0.1, 0.15) is 0 Å². The van der Waals surface area contributed by atoms with Crippen molar-refractivity contribution in [2.45, 2.75) is 24.2 Å². The number of nitrogens with one attached hydrogen (secondary N) is 1. The topological polar surface area (TPSA) is 90.2 Å². The monoisotopic (exact) mass is 268 g/mol. The molecule has 0 atom stereocenters. The van der Waals surface area contributed by atoms with E-state index >= 15 is 0 Å². The van der Waals surface area contributed by atoms with Gasteiger partial charge in [-0.15, -0.1) is 0 Å². The Balaban J connectivity index is 2.55. The van der Waals surface area contributed by atoms with Gasteiger partial charge in [-0.25, -0.2) is 13.1 Å². The second kappa shape index (κ2) is 7.11. The lowest BCUT2D eigenvalue weighted by Gasteiger charge is -2.06. The van der Waals surface area contributed by atoms with Gasteiger partial charge >= 0.3 is 0 Å². The van der Waals surface area contributed by atoms with E-state index in [-0.39, 0.29) is 11.5 Å². The Bertz CT molecular complexity index is 503. The van der Waals surface area contributed by atoms with Gasteiger partial charge in [0.25, 0.3) is 0 Å². The summed E-state index contributed by atoms with van der Waals surface area (Å²) in [4.78, 5) is 0.156. The normalized spacial score (nSPS) is 11.1. The smallest absolute Gasteiger partial charge is 0.240 e. The standard InChI is InChI=1S/C12H16N2O3S/c13-10-11-4-6-12(7-5-11)18(16,17)14-8-2-1-3-9-15/h4-7,14-15H,1-3,8-9H2. The van der Waals surface area contributed by atoms with Gasteiger partial charge in [0, 0.05) is 13.2 Å². The predicted octanol–water partition coefficient (Wildman–Crippen LogP) is 0.999. The Morgan fingerprint density at radius 1 is 1.17 bits per heavy atom. The average molecular weight is 268 g/mol. The molecule has 0 aliphatic rings. The zero-order valence-corrected chi connectivity index (χ0v) is 10.8. The Hall–Kier alpha value is -1.42. The average Bonchev–Trinajstić information content (AvgIpc) is 2.38. The van der Waals surface area contributed by atoms with E-state index in [9.17, 15) is 8.42 Å². The van der Waals surface area contributed by atoms with Gasteiger partial charge in [-0.1, -0.05) is 0 Å². The van der Waals surface area contributed by atoms with E-state index in [1.54, 1.807) is 0 Å². The largest absolute Gasteiger partial charge is 0.396 e. The minimum atomic E-state index is -3.49. The van der Waals surface area contributed by atoms with E-state index in [2.05, 4.69) is 4.72 Å². The first-order valence-corrected chi connectivity index (χ1v) is 7.19. The molecule has 0 aliphatic carbocycles. The number of nitrogens with zero attached hydrogens (tertiary/aromatic N) is 1. The van der Waals surface area contributed by atoms with E-state index in [1.165, 1.54) is 24.3 Å². The third-order valence-corrected chi connectivity index (χ3v) is 3.90. The molecule has 1 aromatic carbocycles. The van der Waals surface area contributed by atoms with E-state index in [0.717, 1.165) is 6.42 Å². The fraction of sp³-hybridized carbons (Fsp3) is 0.417. The predicted molar refractivity (Wildman–Crippen MR) is 67.3 cm³/mol. The zero-order valence-electron chi connectivity index (χ0n) is 9.96. The van der Waals surface area contributed by atoms with Crippen molar-refractivity contribution < 1.29 is 13.5 Å². The molecule has 0 saturated heterocycles. The highest BCUT2D eigenvalue weighted by Crippen LogP contribution is 2.10. The molecule has 0 spiro atoms. The van der Waals surface area contributed by atoms with E-state index in [0.29, 0.717) is 24.9 Å². The van der Waals surface area contributed by atoms with Crippen LogP contribution in [0.15, 0.2) is 29.2 Å². The van der Waals surface area contributed by atoms with Crippen LogP contribution in [0.2, 0.25) is 0 Å². The van der Waals surface area contributed by atoms with Crippen LogP contribution in [0.25, 0.3) is 0 Å². The summed E-state index contributed by atoms with van der Waals surface area (Å²) in [5.41, 5.74) is 0.428. The van der Waals surface area contributed by atoms with Gasteiger partial charge in [0.05, 0.1) is 16.5 Å². The van der Waals surface area contributed by atoms with Crippen molar-refractivity contribution in [3.63, 3.8) is 0 Å². The van der Waals surface area contributed by atoms with Crippen LogP contribution >= 0.6 is 0 Å². The maximum absolute atomic E-state index is 11.8. The molecule has 5 nitrogen and oxygen atoms in total. The molecule has 6 heteroatoms. The molecule has 0 amide bonds. The molecule has 1 aromatic rings. The molecule has 0 aliphatic heterocycles. The summed E-state index contributed by atoms with van der Waals surface area (Å²) >= 11 is 0. The molecule has 0 heterocycles. The number of unbranched alkanes of at least 4 members (excludes halogenated alkanes) is 2. The molecule has 1 rings (SSSR count). The second-order valence-corrected chi connectivity index (χ2v) is 5.59. The van der Waals surface area contributed by atoms with Gasteiger partial charge in [0.2, 0.25) is 10.0 Å². The molecule has 2 N–H and O–H groups in total. The highest BCUT2D eigenvalue weighted by Gasteiger charge is 2.12. The quantitative estimate of drug-likeness (QED) is 0.722. The molecular weight excluding hydrogens is 252 g/mol. The molecule has 0 saturated carbocycles. The van der Waals surface area contributed by atoms with Crippen LogP contribution in [0, 0.1) is 11.3 Å². The molecule has 98 valence electrons. The lowest BCUT2D eigenvalue weighted by Crippen LogP contribution is -2.24. The molecular formula is C12H16N2O3S. The highest BCUT2D eigenvalue weighted by atomic mass is 32.2. The van der Waals surface area contributed by atoms with Gasteiger partial charge in [0.15, 0.2) is 0 Å². The lowest BCUT2D eigenvalue weighted by atomic mass is 10.2. The van der Waals surface area contributed by atoms with Crippen LogP contribution in [-0.4, -0.2) is 26.7 Å². The fourth-order valence-electron chi connectivity index (χ4n) is 1.41. The number of aliphatic hydroxyl groups is 1.